The Morgan fingerprint density at radius 1 is 1.10 bits per heavy atom. The summed E-state index contributed by atoms with van der Waals surface area (Å²) in [5, 5.41) is 3.58. The highest BCUT2D eigenvalue weighted by molar-refractivity contribution is 6.30. The number of carbonyl (C=O) groups excluding carboxylic acids is 1. The highest BCUT2D eigenvalue weighted by Crippen LogP contribution is 2.18. The zero-order valence-electron chi connectivity index (χ0n) is 12.0. The van der Waals surface area contributed by atoms with Gasteiger partial charge in [0.1, 0.15) is 5.75 Å². The van der Waals surface area contributed by atoms with Crippen LogP contribution in [0.1, 0.15) is 25.5 Å². The molecular formula is C17H18ClNO2. The van der Waals surface area contributed by atoms with Crippen LogP contribution in [0.5, 0.6) is 5.75 Å². The Kier molecular flexibility index (Phi) is 5.23. The summed E-state index contributed by atoms with van der Waals surface area (Å²) in [6, 6.07) is 16.6. The van der Waals surface area contributed by atoms with Gasteiger partial charge in [-0.05, 0) is 43.7 Å². The van der Waals surface area contributed by atoms with E-state index in [0.29, 0.717) is 10.8 Å². The first-order valence-corrected chi connectivity index (χ1v) is 7.21. The molecule has 0 aliphatic carbocycles. The maximum Gasteiger partial charge on any atom is 0.261 e. The van der Waals surface area contributed by atoms with E-state index in [1.54, 1.807) is 13.0 Å². The highest BCUT2D eigenvalue weighted by Gasteiger charge is 2.17. The second-order valence-electron chi connectivity index (χ2n) is 4.86. The third kappa shape index (κ3) is 4.50. The van der Waals surface area contributed by atoms with Crippen LogP contribution in [0.3, 0.4) is 0 Å². The first-order chi connectivity index (χ1) is 10.1. The molecule has 110 valence electrons. The molecule has 21 heavy (non-hydrogen) atoms. The summed E-state index contributed by atoms with van der Waals surface area (Å²) in [6.07, 6.45) is -0.561. The third-order valence-corrected chi connectivity index (χ3v) is 3.37. The average Bonchev–Trinajstić information content (AvgIpc) is 2.48. The van der Waals surface area contributed by atoms with Crippen molar-refractivity contribution in [3.05, 3.63) is 65.2 Å². The summed E-state index contributed by atoms with van der Waals surface area (Å²) >= 11 is 5.96. The average molecular weight is 304 g/mol. The first kappa shape index (κ1) is 15.4. The van der Waals surface area contributed by atoms with E-state index in [1.807, 2.05) is 55.5 Å². The van der Waals surface area contributed by atoms with Crippen LogP contribution in [-0.4, -0.2) is 12.0 Å². The third-order valence-electron chi connectivity index (χ3n) is 3.13. The van der Waals surface area contributed by atoms with Gasteiger partial charge in [-0.15, -0.1) is 0 Å². The van der Waals surface area contributed by atoms with Crippen LogP contribution in [0.25, 0.3) is 0 Å². The van der Waals surface area contributed by atoms with Gasteiger partial charge in [-0.25, -0.2) is 0 Å². The molecule has 0 heterocycles. The summed E-state index contributed by atoms with van der Waals surface area (Å²) in [4.78, 5) is 12.1. The van der Waals surface area contributed by atoms with Gasteiger partial charge in [0.2, 0.25) is 0 Å². The van der Waals surface area contributed by atoms with Crippen LogP contribution in [0.15, 0.2) is 54.6 Å². The van der Waals surface area contributed by atoms with Crippen molar-refractivity contribution < 1.29 is 9.53 Å². The molecule has 0 saturated carbocycles. The van der Waals surface area contributed by atoms with E-state index in [2.05, 4.69) is 5.32 Å². The number of benzene rings is 2. The maximum absolute atomic E-state index is 12.1. The van der Waals surface area contributed by atoms with Crippen LogP contribution in [0, 0.1) is 0 Å². The van der Waals surface area contributed by atoms with Gasteiger partial charge in [0.25, 0.3) is 5.91 Å². The van der Waals surface area contributed by atoms with Gasteiger partial charge < -0.3 is 10.1 Å². The van der Waals surface area contributed by atoms with Crippen LogP contribution >= 0.6 is 11.6 Å². The van der Waals surface area contributed by atoms with Gasteiger partial charge in [0.15, 0.2) is 6.10 Å². The van der Waals surface area contributed by atoms with E-state index in [-0.39, 0.29) is 11.9 Å². The minimum absolute atomic E-state index is 0.127. The summed E-state index contributed by atoms with van der Waals surface area (Å²) in [6.45, 7) is 3.64. The van der Waals surface area contributed by atoms with Crippen LogP contribution in [0.2, 0.25) is 5.02 Å². The van der Waals surface area contributed by atoms with Crippen molar-refractivity contribution in [2.24, 2.45) is 0 Å². The Morgan fingerprint density at radius 3 is 2.48 bits per heavy atom. The number of para-hydroxylation sites is 1. The molecule has 2 atom stereocenters. The Morgan fingerprint density at radius 2 is 1.81 bits per heavy atom. The topological polar surface area (TPSA) is 38.3 Å². The zero-order chi connectivity index (χ0) is 15.2. The smallest absolute Gasteiger partial charge is 0.261 e. The predicted octanol–water partition coefficient (Wildman–Crippen LogP) is 3.98. The molecule has 2 aromatic rings. The zero-order valence-corrected chi connectivity index (χ0v) is 12.8. The number of amides is 1. The number of halogens is 1. The lowest BCUT2D eigenvalue weighted by Gasteiger charge is -2.19. The standard InChI is InChI=1S/C17H18ClNO2/c1-12(14-7-6-8-15(18)11-14)19-17(20)13(2)21-16-9-4-3-5-10-16/h3-13H,1-2H3,(H,19,20). The molecule has 0 bridgehead atoms. The summed E-state index contributed by atoms with van der Waals surface area (Å²) < 4.78 is 5.60. The number of carbonyl (C=O) groups is 1. The lowest BCUT2D eigenvalue weighted by Crippen LogP contribution is -2.37. The number of hydrogen-bond donors (Lipinski definition) is 1. The lowest BCUT2D eigenvalue weighted by molar-refractivity contribution is -0.127. The van der Waals surface area contributed by atoms with E-state index in [0.717, 1.165) is 5.56 Å². The van der Waals surface area contributed by atoms with Crippen molar-refractivity contribution in [1.29, 1.82) is 0 Å². The molecule has 0 saturated heterocycles. The molecule has 0 aromatic heterocycles. The van der Waals surface area contributed by atoms with Crippen LogP contribution < -0.4 is 10.1 Å². The van der Waals surface area contributed by atoms with E-state index in [4.69, 9.17) is 16.3 Å². The van der Waals surface area contributed by atoms with E-state index in [9.17, 15) is 4.79 Å². The molecule has 2 aromatic carbocycles. The highest BCUT2D eigenvalue weighted by atomic mass is 35.5. The molecule has 0 radical (unpaired) electrons. The molecule has 0 spiro atoms. The monoisotopic (exact) mass is 303 g/mol. The van der Waals surface area contributed by atoms with Gasteiger partial charge in [-0.3, -0.25) is 4.79 Å². The van der Waals surface area contributed by atoms with Crippen molar-refractivity contribution in [3.63, 3.8) is 0 Å². The van der Waals surface area contributed by atoms with E-state index in [1.165, 1.54) is 0 Å². The number of ether oxygens (including phenoxy) is 1. The molecule has 1 amide bonds. The fourth-order valence-electron chi connectivity index (χ4n) is 1.95. The minimum Gasteiger partial charge on any atom is -0.481 e. The lowest BCUT2D eigenvalue weighted by atomic mass is 10.1. The molecule has 1 N–H and O–H groups in total. The van der Waals surface area contributed by atoms with Crippen molar-refractivity contribution in [2.75, 3.05) is 0 Å². The Hall–Kier alpha value is -2.00. The Bertz CT molecular complexity index is 601. The summed E-state index contributed by atoms with van der Waals surface area (Å²) in [5.74, 6) is 0.516. The maximum atomic E-state index is 12.1. The number of rotatable bonds is 5. The van der Waals surface area contributed by atoms with Gasteiger partial charge >= 0.3 is 0 Å². The first-order valence-electron chi connectivity index (χ1n) is 6.84. The molecule has 0 aliphatic rings. The quantitative estimate of drug-likeness (QED) is 0.907. The predicted molar refractivity (Wildman–Crippen MR) is 84.5 cm³/mol. The number of nitrogens with one attached hydrogen (secondary N) is 1. The van der Waals surface area contributed by atoms with Crippen molar-refractivity contribution in [2.45, 2.75) is 26.0 Å². The summed E-state index contributed by atoms with van der Waals surface area (Å²) in [7, 11) is 0. The number of hydrogen-bond acceptors (Lipinski definition) is 2. The molecule has 3 nitrogen and oxygen atoms in total. The van der Waals surface area contributed by atoms with Crippen molar-refractivity contribution in [3.8, 4) is 5.75 Å². The largest absolute Gasteiger partial charge is 0.481 e. The molecular weight excluding hydrogens is 286 g/mol. The fourth-order valence-corrected chi connectivity index (χ4v) is 2.15. The molecule has 4 heteroatoms. The minimum atomic E-state index is -0.561. The Labute approximate surface area is 129 Å². The van der Waals surface area contributed by atoms with Gasteiger partial charge in [-0.2, -0.15) is 0 Å². The van der Waals surface area contributed by atoms with E-state index >= 15 is 0 Å². The van der Waals surface area contributed by atoms with Gasteiger partial charge in [0, 0.05) is 5.02 Å². The SMILES string of the molecule is CC(Oc1ccccc1)C(=O)NC(C)c1cccc(Cl)c1. The fraction of sp³-hybridized carbons (Fsp3) is 0.235. The molecule has 2 rings (SSSR count). The second-order valence-corrected chi connectivity index (χ2v) is 5.29. The molecule has 0 aliphatic heterocycles. The van der Waals surface area contributed by atoms with Crippen molar-refractivity contribution in [1.82, 2.24) is 5.32 Å². The summed E-state index contributed by atoms with van der Waals surface area (Å²) in [5.41, 5.74) is 0.961. The Balaban J connectivity index is 1.94. The van der Waals surface area contributed by atoms with Gasteiger partial charge in [-0.1, -0.05) is 41.9 Å². The van der Waals surface area contributed by atoms with Gasteiger partial charge in [0.05, 0.1) is 6.04 Å². The van der Waals surface area contributed by atoms with Crippen LogP contribution in [-0.2, 0) is 4.79 Å². The normalized spacial score (nSPS) is 13.3. The molecule has 2 unspecified atom stereocenters. The van der Waals surface area contributed by atoms with E-state index < -0.39 is 6.10 Å². The second kappa shape index (κ2) is 7.14. The van der Waals surface area contributed by atoms with Crippen LogP contribution in [0.4, 0.5) is 0 Å². The van der Waals surface area contributed by atoms with Crippen molar-refractivity contribution >= 4 is 17.5 Å². The molecule has 0 fully saturated rings.